The molecule has 1 aliphatic carbocycles. The fourth-order valence-electron chi connectivity index (χ4n) is 2.48. The topological polar surface area (TPSA) is 84.8 Å². The number of aliphatic imine (C=N–C) groups is 1. The summed E-state index contributed by atoms with van der Waals surface area (Å²) >= 11 is 0. The number of allylic oxidation sites excluding steroid dienone is 3. The maximum atomic E-state index is 11.4. The van der Waals surface area contributed by atoms with E-state index in [4.69, 9.17) is 5.73 Å². The zero-order valence-corrected chi connectivity index (χ0v) is 14.7. The summed E-state index contributed by atoms with van der Waals surface area (Å²) in [5.41, 5.74) is 8.46. The molecular weight excluding hydrogens is 316 g/mol. The average molecular weight is 339 g/mol. The minimum atomic E-state index is -0.127. The molecule has 0 amide bonds. The first kappa shape index (κ1) is 16.9. The predicted molar refractivity (Wildman–Crippen MR) is 100 cm³/mol. The van der Waals surface area contributed by atoms with Crippen molar-refractivity contribution in [2.75, 3.05) is 39.5 Å². The predicted octanol–water partition coefficient (Wildman–Crippen LogP) is 1.51. The summed E-state index contributed by atoms with van der Waals surface area (Å²) in [6.07, 6.45) is 6.36. The van der Waals surface area contributed by atoms with Crippen molar-refractivity contribution in [3.63, 3.8) is 0 Å². The molecule has 0 atom stereocenters. The van der Waals surface area contributed by atoms with Crippen LogP contribution < -0.4 is 11.1 Å². The zero-order chi connectivity index (χ0) is 18.0. The van der Waals surface area contributed by atoms with Crippen LogP contribution in [0.1, 0.15) is 0 Å². The van der Waals surface area contributed by atoms with Crippen LogP contribution in [0.2, 0.25) is 0 Å². The number of anilines is 1. The van der Waals surface area contributed by atoms with E-state index < -0.39 is 0 Å². The second-order valence-corrected chi connectivity index (χ2v) is 7.00. The van der Waals surface area contributed by atoms with Gasteiger partial charge in [0.1, 0.15) is 5.69 Å². The number of ketones is 1. The molecule has 0 aliphatic heterocycles. The molecule has 0 unspecified atom stereocenters. The second-order valence-electron chi connectivity index (χ2n) is 7.00. The molecule has 0 fully saturated rings. The van der Waals surface area contributed by atoms with Crippen molar-refractivity contribution in [3.05, 3.63) is 48.3 Å². The molecule has 25 heavy (non-hydrogen) atoms. The van der Waals surface area contributed by atoms with E-state index in [0.717, 1.165) is 23.1 Å². The van der Waals surface area contributed by atoms with Crippen LogP contribution in [-0.4, -0.2) is 59.8 Å². The molecule has 0 aromatic carbocycles. The molecular formula is C18H23N6O+. The van der Waals surface area contributed by atoms with Gasteiger partial charge in [-0.2, -0.15) is 0 Å². The number of nitrogens with two attached hydrogens (primary N) is 1. The number of pyridine rings is 1. The number of rotatable bonds is 5. The minimum absolute atomic E-state index is 0.127. The normalized spacial score (nSPS) is 16.5. The van der Waals surface area contributed by atoms with E-state index >= 15 is 0 Å². The first-order valence-corrected chi connectivity index (χ1v) is 8.13. The monoisotopic (exact) mass is 339 g/mol. The third-order valence-corrected chi connectivity index (χ3v) is 3.82. The van der Waals surface area contributed by atoms with Gasteiger partial charge in [0, 0.05) is 12.3 Å². The molecule has 3 rings (SSSR count). The molecule has 7 heteroatoms. The fraction of sp³-hybridized carbons (Fsp3) is 0.278. The maximum Gasteiger partial charge on any atom is 0.180 e. The Labute approximate surface area is 146 Å². The average Bonchev–Trinajstić information content (AvgIpc) is 2.87. The van der Waals surface area contributed by atoms with Crippen molar-refractivity contribution in [2.24, 2.45) is 10.7 Å². The number of quaternary nitrogens is 1. The maximum absolute atomic E-state index is 11.4. The smallest absolute Gasteiger partial charge is 0.180 e. The third-order valence-electron chi connectivity index (χ3n) is 3.82. The summed E-state index contributed by atoms with van der Waals surface area (Å²) in [5.74, 6) is 0.572. The van der Waals surface area contributed by atoms with Crippen molar-refractivity contribution in [1.29, 1.82) is 0 Å². The Hall–Kier alpha value is -2.93. The van der Waals surface area contributed by atoms with Crippen LogP contribution in [-0.2, 0) is 4.79 Å². The van der Waals surface area contributed by atoms with Crippen LogP contribution in [0.25, 0.3) is 5.52 Å². The standard InChI is InChI=1S/C18H22N6O/c1-24(2,3)11-9-20-18-17(16-6-4-5-10-23(16)22-18)21-15-8-7-13(25)12-14(15)19/h4-8,10,12H,9,11H2,1-3H3,(H2-,19,20,22,25)/p+1/b21-15+. The summed E-state index contributed by atoms with van der Waals surface area (Å²) in [5, 5.41) is 7.94. The van der Waals surface area contributed by atoms with Crippen molar-refractivity contribution in [2.45, 2.75) is 0 Å². The number of carbonyl (C=O) groups excluding carboxylic acids is 1. The lowest BCUT2D eigenvalue weighted by Gasteiger charge is -2.23. The summed E-state index contributed by atoms with van der Waals surface area (Å²) in [6.45, 7) is 1.71. The molecule has 0 saturated heterocycles. The summed E-state index contributed by atoms with van der Waals surface area (Å²) in [4.78, 5) is 16.1. The Balaban J connectivity index is 1.98. The van der Waals surface area contributed by atoms with Gasteiger partial charge in [-0.3, -0.25) is 4.79 Å². The Morgan fingerprint density at radius 2 is 2.08 bits per heavy atom. The number of carbonyl (C=O) groups is 1. The van der Waals surface area contributed by atoms with E-state index in [1.807, 2.05) is 24.4 Å². The van der Waals surface area contributed by atoms with Crippen LogP contribution in [0, 0.1) is 0 Å². The highest BCUT2D eigenvalue weighted by atomic mass is 16.1. The number of aromatic nitrogens is 2. The Morgan fingerprint density at radius 3 is 2.80 bits per heavy atom. The zero-order valence-electron chi connectivity index (χ0n) is 14.7. The Morgan fingerprint density at radius 1 is 1.28 bits per heavy atom. The quantitative estimate of drug-likeness (QED) is 0.639. The summed E-state index contributed by atoms with van der Waals surface area (Å²) < 4.78 is 2.63. The lowest BCUT2D eigenvalue weighted by atomic mass is 10.1. The van der Waals surface area contributed by atoms with Crippen molar-refractivity contribution < 1.29 is 9.28 Å². The first-order chi connectivity index (χ1) is 11.8. The van der Waals surface area contributed by atoms with Crippen LogP contribution in [0.5, 0.6) is 0 Å². The SMILES string of the molecule is C[N+](C)(C)CCNc1nn2ccccc2c1/N=C1\C=CC(=O)C=C1N. The van der Waals surface area contributed by atoms with E-state index in [-0.39, 0.29) is 5.78 Å². The molecule has 3 N–H and O–H groups in total. The largest absolute Gasteiger partial charge is 0.397 e. The molecule has 1 aliphatic rings. The van der Waals surface area contributed by atoms with Gasteiger partial charge in [-0.15, -0.1) is 5.10 Å². The summed E-state index contributed by atoms with van der Waals surface area (Å²) in [6, 6.07) is 5.81. The van der Waals surface area contributed by atoms with E-state index in [9.17, 15) is 4.79 Å². The molecule has 0 bridgehead atoms. The highest BCUT2D eigenvalue weighted by Gasteiger charge is 2.16. The number of hydrogen-bond donors (Lipinski definition) is 2. The van der Waals surface area contributed by atoms with Gasteiger partial charge in [0.2, 0.25) is 0 Å². The van der Waals surface area contributed by atoms with Gasteiger partial charge < -0.3 is 15.5 Å². The summed E-state index contributed by atoms with van der Waals surface area (Å²) in [7, 11) is 6.42. The van der Waals surface area contributed by atoms with Gasteiger partial charge >= 0.3 is 0 Å². The van der Waals surface area contributed by atoms with Crippen molar-refractivity contribution in [1.82, 2.24) is 9.61 Å². The van der Waals surface area contributed by atoms with Crippen LogP contribution >= 0.6 is 0 Å². The number of hydrogen-bond acceptors (Lipinski definition) is 5. The van der Waals surface area contributed by atoms with Gasteiger partial charge in [0.05, 0.1) is 51.2 Å². The van der Waals surface area contributed by atoms with Gasteiger partial charge in [-0.05, 0) is 24.3 Å². The molecule has 2 aromatic rings. The van der Waals surface area contributed by atoms with E-state index in [1.165, 1.54) is 12.2 Å². The molecule has 130 valence electrons. The van der Waals surface area contributed by atoms with Gasteiger partial charge in [-0.25, -0.2) is 9.51 Å². The van der Waals surface area contributed by atoms with Gasteiger partial charge in [0.15, 0.2) is 11.6 Å². The molecule has 2 heterocycles. The van der Waals surface area contributed by atoms with E-state index in [0.29, 0.717) is 22.9 Å². The number of nitrogens with one attached hydrogen (secondary N) is 1. The number of nitrogens with zero attached hydrogens (tertiary/aromatic N) is 4. The lowest BCUT2D eigenvalue weighted by molar-refractivity contribution is -0.868. The van der Waals surface area contributed by atoms with E-state index in [1.54, 1.807) is 10.6 Å². The number of likely N-dealkylation sites (N-methyl/N-ethyl adjacent to an activating group) is 1. The lowest BCUT2D eigenvalue weighted by Crippen LogP contribution is -2.38. The van der Waals surface area contributed by atoms with Crippen LogP contribution in [0.4, 0.5) is 11.5 Å². The fourth-order valence-corrected chi connectivity index (χ4v) is 2.48. The molecule has 7 nitrogen and oxygen atoms in total. The minimum Gasteiger partial charge on any atom is -0.397 e. The highest BCUT2D eigenvalue weighted by Crippen LogP contribution is 2.30. The van der Waals surface area contributed by atoms with E-state index in [2.05, 4.69) is 36.6 Å². The second kappa shape index (κ2) is 6.52. The molecule has 0 radical (unpaired) electrons. The van der Waals surface area contributed by atoms with Gasteiger partial charge in [-0.1, -0.05) is 6.07 Å². The van der Waals surface area contributed by atoms with Crippen molar-refractivity contribution in [3.8, 4) is 0 Å². The van der Waals surface area contributed by atoms with Crippen LogP contribution in [0.3, 0.4) is 0 Å². The Kier molecular flexibility index (Phi) is 4.41. The molecule has 0 saturated carbocycles. The van der Waals surface area contributed by atoms with Crippen LogP contribution in [0.15, 0.2) is 53.3 Å². The van der Waals surface area contributed by atoms with Crippen molar-refractivity contribution >= 4 is 28.5 Å². The number of fused-ring (bicyclic) bond motifs is 1. The van der Waals surface area contributed by atoms with Gasteiger partial charge in [0.25, 0.3) is 0 Å². The Bertz CT molecular complexity index is 898. The molecule has 0 spiro atoms. The molecule has 2 aromatic heterocycles. The first-order valence-electron chi connectivity index (χ1n) is 8.13. The highest BCUT2D eigenvalue weighted by molar-refractivity contribution is 6.20. The third kappa shape index (κ3) is 3.95.